The van der Waals surface area contributed by atoms with Crippen LogP contribution in [0.1, 0.15) is 21.6 Å². The van der Waals surface area contributed by atoms with Crippen LogP contribution in [0.3, 0.4) is 0 Å². The fourth-order valence-corrected chi connectivity index (χ4v) is 1.71. The summed E-state index contributed by atoms with van der Waals surface area (Å²) in [6.45, 7) is 1.89. The van der Waals surface area contributed by atoms with Crippen LogP contribution in [-0.4, -0.2) is 22.9 Å². The molecule has 96 valence electrons. The number of methoxy groups -OCH3 is 1. The van der Waals surface area contributed by atoms with Gasteiger partial charge in [0.2, 0.25) is 0 Å². The first-order chi connectivity index (χ1) is 9.06. The number of aromatic nitrogens is 2. The number of nitriles is 1. The average molecular weight is 256 g/mol. The number of carbonyl (C=O) groups is 1. The zero-order valence-electron chi connectivity index (χ0n) is 10.5. The van der Waals surface area contributed by atoms with Crippen LogP contribution in [0.25, 0.3) is 5.69 Å². The van der Waals surface area contributed by atoms with E-state index in [2.05, 4.69) is 15.9 Å². The normalized spacial score (nSPS) is 9.95. The molecule has 19 heavy (non-hydrogen) atoms. The molecule has 0 radical (unpaired) electrons. The molecule has 0 atom stereocenters. The van der Waals surface area contributed by atoms with Gasteiger partial charge in [0.1, 0.15) is 6.07 Å². The van der Waals surface area contributed by atoms with Crippen LogP contribution in [0.2, 0.25) is 0 Å². The van der Waals surface area contributed by atoms with Crippen molar-refractivity contribution in [2.24, 2.45) is 0 Å². The topological polar surface area (TPSA) is 93.9 Å². The summed E-state index contributed by atoms with van der Waals surface area (Å²) in [5.41, 5.74) is 7.94. The summed E-state index contributed by atoms with van der Waals surface area (Å²) in [4.78, 5) is 11.4. The number of benzene rings is 1. The van der Waals surface area contributed by atoms with Gasteiger partial charge < -0.3 is 10.5 Å². The molecule has 0 saturated carbocycles. The Morgan fingerprint density at radius 1 is 1.53 bits per heavy atom. The molecule has 2 aromatic rings. The first-order valence-electron chi connectivity index (χ1n) is 5.51. The molecule has 2 N–H and O–H groups in total. The predicted octanol–water partition coefficient (Wildman–Crippen LogP) is 1.42. The van der Waals surface area contributed by atoms with E-state index in [1.807, 2.05) is 13.0 Å². The molecular formula is C13H12N4O2. The number of aryl methyl sites for hydroxylation is 1. The Morgan fingerprint density at radius 2 is 2.26 bits per heavy atom. The number of nitrogens with two attached hydrogens (primary N) is 1. The van der Waals surface area contributed by atoms with Crippen LogP contribution >= 0.6 is 0 Å². The Morgan fingerprint density at radius 3 is 2.89 bits per heavy atom. The number of carbonyl (C=O) groups excluding carboxylic acids is 1. The summed E-state index contributed by atoms with van der Waals surface area (Å²) < 4.78 is 5.98. The van der Waals surface area contributed by atoms with Gasteiger partial charge in [0, 0.05) is 0 Å². The fourth-order valence-electron chi connectivity index (χ4n) is 1.71. The van der Waals surface area contributed by atoms with E-state index in [9.17, 15) is 4.79 Å². The second-order valence-corrected chi connectivity index (χ2v) is 4.00. The summed E-state index contributed by atoms with van der Waals surface area (Å²) in [5.74, 6) is -0.609. The highest BCUT2D eigenvalue weighted by Gasteiger charge is 2.17. The monoisotopic (exact) mass is 256 g/mol. The van der Waals surface area contributed by atoms with Gasteiger partial charge >= 0.3 is 5.97 Å². The summed E-state index contributed by atoms with van der Waals surface area (Å²) >= 11 is 0. The Kier molecular flexibility index (Phi) is 3.21. The van der Waals surface area contributed by atoms with Crippen LogP contribution in [0.15, 0.2) is 24.4 Å². The third-order valence-electron chi connectivity index (χ3n) is 2.64. The molecule has 0 unspecified atom stereocenters. The van der Waals surface area contributed by atoms with E-state index in [4.69, 9.17) is 11.0 Å². The van der Waals surface area contributed by atoms with Gasteiger partial charge in [0.05, 0.1) is 30.2 Å². The van der Waals surface area contributed by atoms with Gasteiger partial charge in [-0.05, 0) is 24.6 Å². The van der Waals surface area contributed by atoms with Crippen molar-refractivity contribution in [2.45, 2.75) is 6.92 Å². The van der Waals surface area contributed by atoms with E-state index < -0.39 is 5.97 Å². The Balaban J connectivity index is 2.55. The van der Waals surface area contributed by atoms with Crippen molar-refractivity contribution in [1.82, 2.24) is 9.78 Å². The smallest absolute Gasteiger partial charge is 0.360 e. The van der Waals surface area contributed by atoms with Crippen LogP contribution in [-0.2, 0) is 4.74 Å². The molecule has 2 rings (SSSR count). The first kappa shape index (κ1) is 12.6. The van der Waals surface area contributed by atoms with E-state index in [-0.39, 0.29) is 11.4 Å². The number of esters is 1. The highest BCUT2D eigenvalue weighted by Crippen LogP contribution is 2.19. The SMILES string of the molecule is COC(=O)c1nn(-c2ccc(C)cc2C#N)cc1N. The van der Waals surface area contributed by atoms with E-state index in [1.54, 1.807) is 12.1 Å². The first-order valence-corrected chi connectivity index (χ1v) is 5.51. The molecule has 0 fully saturated rings. The third kappa shape index (κ3) is 2.26. The van der Waals surface area contributed by atoms with E-state index in [0.717, 1.165) is 5.56 Å². The minimum atomic E-state index is -0.609. The number of nitrogens with zero attached hydrogens (tertiary/aromatic N) is 3. The lowest BCUT2D eigenvalue weighted by molar-refractivity contribution is 0.0594. The summed E-state index contributed by atoms with van der Waals surface area (Å²) in [6, 6.07) is 7.43. The molecule has 0 aliphatic rings. The Hall–Kier alpha value is -2.81. The highest BCUT2D eigenvalue weighted by atomic mass is 16.5. The maximum atomic E-state index is 11.4. The molecule has 6 nitrogen and oxygen atoms in total. The minimum absolute atomic E-state index is 0.0342. The number of hydrogen-bond donors (Lipinski definition) is 1. The molecule has 0 saturated heterocycles. The van der Waals surface area contributed by atoms with E-state index in [1.165, 1.54) is 18.0 Å². The van der Waals surface area contributed by atoms with Crippen molar-refractivity contribution in [2.75, 3.05) is 12.8 Å². The third-order valence-corrected chi connectivity index (χ3v) is 2.64. The van der Waals surface area contributed by atoms with Gasteiger partial charge in [-0.3, -0.25) is 0 Å². The maximum absolute atomic E-state index is 11.4. The Bertz CT molecular complexity index is 682. The van der Waals surface area contributed by atoms with Crippen molar-refractivity contribution >= 4 is 11.7 Å². The molecule has 1 heterocycles. The average Bonchev–Trinajstić information content (AvgIpc) is 2.79. The Labute approximate surface area is 110 Å². The van der Waals surface area contributed by atoms with Gasteiger partial charge in [-0.2, -0.15) is 10.4 Å². The van der Waals surface area contributed by atoms with E-state index >= 15 is 0 Å². The molecule has 0 bridgehead atoms. The largest absolute Gasteiger partial charge is 0.464 e. The second-order valence-electron chi connectivity index (χ2n) is 4.00. The van der Waals surface area contributed by atoms with Crippen LogP contribution < -0.4 is 5.73 Å². The zero-order valence-corrected chi connectivity index (χ0v) is 10.5. The lowest BCUT2D eigenvalue weighted by atomic mass is 10.1. The molecule has 0 aliphatic carbocycles. The van der Waals surface area contributed by atoms with Crippen LogP contribution in [0.4, 0.5) is 5.69 Å². The fraction of sp³-hybridized carbons (Fsp3) is 0.154. The summed E-state index contributed by atoms with van der Waals surface area (Å²) in [7, 11) is 1.26. The number of hydrogen-bond acceptors (Lipinski definition) is 5. The van der Waals surface area contributed by atoms with Gasteiger partial charge in [-0.15, -0.1) is 0 Å². The van der Waals surface area contributed by atoms with Crippen molar-refractivity contribution in [1.29, 1.82) is 5.26 Å². The number of ether oxygens (including phenoxy) is 1. The molecular weight excluding hydrogens is 244 g/mol. The van der Waals surface area contributed by atoms with Gasteiger partial charge in [-0.1, -0.05) is 6.07 Å². The van der Waals surface area contributed by atoms with Crippen LogP contribution in [0.5, 0.6) is 0 Å². The van der Waals surface area contributed by atoms with Crippen molar-refractivity contribution in [3.05, 3.63) is 41.2 Å². The second kappa shape index (κ2) is 4.82. The standard InChI is InChI=1S/C13H12N4O2/c1-8-3-4-11(9(5-8)6-14)17-7-10(15)12(16-17)13(18)19-2/h3-5,7H,15H2,1-2H3. The summed E-state index contributed by atoms with van der Waals surface area (Å²) in [5, 5.41) is 13.2. The van der Waals surface area contributed by atoms with E-state index in [0.29, 0.717) is 11.3 Å². The van der Waals surface area contributed by atoms with Crippen molar-refractivity contribution in [3.63, 3.8) is 0 Å². The summed E-state index contributed by atoms with van der Waals surface area (Å²) in [6.07, 6.45) is 1.48. The number of rotatable bonds is 2. The molecule has 0 amide bonds. The zero-order chi connectivity index (χ0) is 14.0. The van der Waals surface area contributed by atoms with Gasteiger partial charge in [-0.25, -0.2) is 9.48 Å². The van der Waals surface area contributed by atoms with Gasteiger partial charge in [0.25, 0.3) is 0 Å². The molecule has 0 aliphatic heterocycles. The highest BCUT2D eigenvalue weighted by molar-refractivity contribution is 5.92. The van der Waals surface area contributed by atoms with Gasteiger partial charge in [0.15, 0.2) is 5.69 Å². The number of anilines is 1. The molecule has 1 aromatic heterocycles. The number of nitrogen functional groups attached to an aromatic ring is 1. The molecule has 0 spiro atoms. The van der Waals surface area contributed by atoms with Crippen LogP contribution in [0, 0.1) is 18.3 Å². The maximum Gasteiger partial charge on any atom is 0.360 e. The lowest BCUT2D eigenvalue weighted by Gasteiger charge is -2.04. The molecule has 6 heteroatoms. The van der Waals surface area contributed by atoms with Crippen molar-refractivity contribution in [3.8, 4) is 11.8 Å². The van der Waals surface area contributed by atoms with Crippen molar-refractivity contribution < 1.29 is 9.53 Å². The predicted molar refractivity (Wildman–Crippen MR) is 68.8 cm³/mol. The lowest BCUT2D eigenvalue weighted by Crippen LogP contribution is -2.06. The minimum Gasteiger partial charge on any atom is -0.464 e. The quantitative estimate of drug-likeness (QED) is 0.820. The molecule has 1 aromatic carbocycles.